The Kier molecular flexibility index (Phi) is 2.99. The van der Waals surface area contributed by atoms with Crippen molar-refractivity contribution in [2.75, 3.05) is 4.90 Å². The summed E-state index contributed by atoms with van der Waals surface area (Å²) in [4.78, 5) is 2.42. The molecular weight excluding hydrogens is 371 g/mol. The third-order valence-electron chi connectivity index (χ3n) is 6.20. The number of anilines is 3. The molecule has 0 bridgehead atoms. The van der Waals surface area contributed by atoms with E-state index in [1.165, 1.54) is 49.3 Å². The first-order chi connectivity index (χ1) is 14.4. The van der Waals surface area contributed by atoms with Crippen LogP contribution in [0.4, 0.5) is 17.1 Å². The highest BCUT2D eigenvalue weighted by Crippen LogP contribution is 2.40. The molecule has 0 aliphatic carbocycles. The molecule has 134 valence electrons. The molecule has 2 aliphatic heterocycles. The van der Waals surface area contributed by atoms with E-state index in [0.29, 0.717) is 0 Å². The van der Waals surface area contributed by atoms with Crippen LogP contribution in [0.5, 0.6) is 0 Å². The Morgan fingerprint density at radius 3 is 2.38 bits per heavy atom. The van der Waals surface area contributed by atoms with E-state index in [9.17, 15) is 0 Å². The lowest BCUT2D eigenvalue weighted by molar-refractivity contribution is -0.497. The average Bonchev–Trinajstić information content (AvgIpc) is 3.22. The van der Waals surface area contributed by atoms with Gasteiger partial charge in [0, 0.05) is 28.0 Å². The monoisotopic (exact) mass is 387 g/mol. The van der Waals surface area contributed by atoms with E-state index in [4.69, 9.17) is 0 Å². The van der Waals surface area contributed by atoms with E-state index in [0.717, 1.165) is 0 Å². The normalized spacial score (nSPS) is 13.4. The Morgan fingerprint density at radius 1 is 0.690 bits per heavy atom. The summed E-state index contributed by atoms with van der Waals surface area (Å²) in [6, 6.07) is 33.0. The maximum Gasteiger partial charge on any atom is 0.565 e. The molecule has 7 rings (SSSR count). The van der Waals surface area contributed by atoms with Crippen LogP contribution in [0.25, 0.3) is 21.3 Å². The number of hydrogen-bond acceptors (Lipinski definition) is 2. The first kappa shape index (κ1) is 15.5. The summed E-state index contributed by atoms with van der Waals surface area (Å²) in [6.07, 6.45) is 0. The van der Waals surface area contributed by atoms with Crippen molar-refractivity contribution in [3.63, 3.8) is 0 Å². The van der Waals surface area contributed by atoms with Crippen LogP contribution >= 0.6 is 11.3 Å². The molecule has 3 heterocycles. The van der Waals surface area contributed by atoms with Gasteiger partial charge >= 0.3 is 6.85 Å². The average molecular weight is 387 g/mol. The molecule has 4 heteroatoms. The lowest BCUT2D eigenvalue weighted by atomic mass is 9.45. The molecule has 29 heavy (non-hydrogen) atoms. The van der Waals surface area contributed by atoms with E-state index in [-0.39, 0.29) is 6.85 Å². The summed E-state index contributed by atoms with van der Waals surface area (Å²) in [6.45, 7) is 0.209. The first-order valence-corrected chi connectivity index (χ1v) is 10.8. The molecule has 0 saturated heterocycles. The van der Waals surface area contributed by atoms with Crippen LogP contribution in [-0.2, 0) is 0 Å². The van der Waals surface area contributed by atoms with Crippen molar-refractivity contribution in [2.24, 2.45) is 0 Å². The Balaban J connectivity index is 1.65. The minimum Gasteiger partial charge on any atom is -0.311 e. The summed E-state index contributed by atoms with van der Waals surface area (Å²) in [5, 5.41) is 0. The highest BCUT2D eigenvalue weighted by atomic mass is 32.1. The second-order valence-corrected chi connectivity index (χ2v) is 8.54. The van der Waals surface area contributed by atoms with Gasteiger partial charge in [-0.3, -0.25) is 4.48 Å². The van der Waals surface area contributed by atoms with Crippen LogP contribution in [0.2, 0.25) is 0 Å². The number of rotatable bonds is 1. The van der Waals surface area contributed by atoms with Crippen molar-refractivity contribution in [1.29, 1.82) is 0 Å². The number of nitrogens with zero attached hydrogens (tertiary/aromatic N) is 2. The second-order valence-electron chi connectivity index (χ2n) is 7.65. The van der Waals surface area contributed by atoms with Crippen molar-refractivity contribution in [2.45, 2.75) is 0 Å². The molecule has 0 atom stereocenters. The third kappa shape index (κ3) is 1.94. The zero-order valence-corrected chi connectivity index (χ0v) is 16.4. The lowest BCUT2D eigenvalue weighted by Gasteiger charge is -2.35. The fourth-order valence-corrected chi connectivity index (χ4v) is 6.02. The lowest BCUT2D eigenvalue weighted by Crippen LogP contribution is -2.69. The molecule has 4 aromatic carbocycles. The zero-order valence-electron chi connectivity index (χ0n) is 15.6. The molecular formula is C25H16BN2S+. The topological polar surface area (TPSA) is 7.12 Å². The van der Waals surface area contributed by atoms with Crippen LogP contribution in [-0.4, -0.2) is 6.85 Å². The molecule has 0 radical (unpaired) electrons. The van der Waals surface area contributed by atoms with Crippen LogP contribution in [0.15, 0.2) is 96.5 Å². The van der Waals surface area contributed by atoms with Crippen molar-refractivity contribution < 1.29 is 4.48 Å². The number of thiazole rings is 1. The zero-order chi connectivity index (χ0) is 18.9. The van der Waals surface area contributed by atoms with Crippen LogP contribution in [0.1, 0.15) is 0 Å². The minimum absolute atomic E-state index is 0.209. The highest BCUT2D eigenvalue weighted by molar-refractivity contribution is 7.16. The van der Waals surface area contributed by atoms with Gasteiger partial charge in [-0.2, -0.15) is 0 Å². The van der Waals surface area contributed by atoms with Gasteiger partial charge in [0.1, 0.15) is 4.70 Å². The van der Waals surface area contributed by atoms with Crippen molar-refractivity contribution >= 4 is 56.4 Å². The fraction of sp³-hybridized carbons (Fsp3) is 0. The molecule has 5 aromatic rings. The molecule has 0 N–H and O–H groups in total. The SMILES string of the molecule is c1ccc(N2c3ccccc3B3c4c(cccc42)-c2cccc4sc[n+]3c24)cc1. The standard InChI is InChI=1S/C25H16BN2S/c1-2-8-17(9-3-1)28-21-13-5-4-12-20(21)26-24-18(10-6-14-22(24)28)19-11-7-15-23-25(19)27(26)16-29-23/h1-16H/q+1. The predicted molar refractivity (Wildman–Crippen MR) is 123 cm³/mol. The first-order valence-electron chi connectivity index (χ1n) is 9.90. The molecule has 0 amide bonds. The van der Waals surface area contributed by atoms with Crippen molar-refractivity contribution in [3.8, 4) is 11.1 Å². The quantitative estimate of drug-likeness (QED) is 0.373. The summed E-state index contributed by atoms with van der Waals surface area (Å²) in [7, 11) is 0. The van der Waals surface area contributed by atoms with E-state index >= 15 is 0 Å². The van der Waals surface area contributed by atoms with Gasteiger partial charge in [0.2, 0.25) is 11.0 Å². The number of benzene rings is 4. The fourth-order valence-electron chi connectivity index (χ4n) is 5.08. The maximum absolute atomic E-state index is 2.49. The molecule has 2 aliphatic rings. The van der Waals surface area contributed by atoms with E-state index < -0.39 is 0 Å². The minimum atomic E-state index is 0.209. The van der Waals surface area contributed by atoms with Crippen LogP contribution in [0.3, 0.4) is 0 Å². The molecule has 0 saturated carbocycles. The smallest absolute Gasteiger partial charge is 0.311 e. The molecule has 0 spiro atoms. The maximum atomic E-state index is 2.49. The summed E-state index contributed by atoms with van der Waals surface area (Å²) >= 11 is 1.83. The molecule has 0 unspecified atom stereocenters. The van der Waals surface area contributed by atoms with Crippen molar-refractivity contribution in [3.05, 3.63) is 96.5 Å². The Hall–Kier alpha value is -3.37. The third-order valence-corrected chi connectivity index (χ3v) is 7.12. The Labute approximate surface area is 173 Å². The Bertz CT molecular complexity index is 1420. The van der Waals surface area contributed by atoms with Gasteiger partial charge in [0.25, 0.3) is 0 Å². The van der Waals surface area contributed by atoms with Gasteiger partial charge in [0.05, 0.1) is 5.56 Å². The van der Waals surface area contributed by atoms with Gasteiger partial charge in [-0.25, -0.2) is 0 Å². The van der Waals surface area contributed by atoms with E-state index in [1.807, 2.05) is 11.3 Å². The summed E-state index contributed by atoms with van der Waals surface area (Å²) in [5.41, 5.74) is 12.8. The number of para-hydroxylation sites is 3. The summed E-state index contributed by atoms with van der Waals surface area (Å²) in [5.74, 6) is 0. The molecule has 0 fully saturated rings. The Morgan fingerprint density at radius 2 is 1.45 bits per heavy atom. The van der Waals surface area contributed by atoms with Gasteiger partial charge < -0.3 is 4.90 Å². The summed E-state index contributed by atoms with van der Waals surface area (Å²) < 4.78 is 3.84. The van der Waals surface area contributed by atoms with E-state index in [2.05, 4.69) is 106 Å². The number of aromatic nitrogens is 1. The van der Waals surface area contributed by atoms with Gasteiger partial charge in [-0.05, 0) is 42.0 Å². The second kappa shape index (κ2) is 5.59. The van der Waals surface area contributed by atoms with Gasteiger partial charge in [-0.15, -0.1) is 0 Å². The molecule has 1 aromatic heterocycles. The number of fused-ring (bicyclic) bond motifs is 4. The van der Waals surface area contributed by atoms with E-state index in [1.54, 1.807) is 0 Å². The van der Waals surface area contributed by atoms with Gasteiger partial charge in [0.15, 0.2) is 0 Å². The molecule has 2 nitrogen and oxygen atoms in total. The van der Waals surface area contributed by atoms with Crippen LogP contribution in [0, 0.1) is 0 Å². The number of hydrogen-bond donors (Lipinski definition) is 0. The van der Waals surface area contributed by atoms with Gasteiger partial charge in [-0.1, -0.05) is 65.9 Å². The highest BCUT2D eigenvalue weighted by Gasteiger charge is 2.49. The van der Waals surface area contributed by atoms with Crippen molar-refractivity contribution in [1.82, 2.24) is 0 Å². The largest absolute Gasteiger partial charge is 0.565 e. The van der Waals surface area contributed by atoms with Crippen LogP contribution < -0.4 is 20.3 Å². The predicted octanol–water partition coefficient (Wildman–Crippen LogP) is 4.61.